The topological polar surface area (TPSA) is 125 Å². The largest absolute Gasteiger partial charge is 0.496 e. The normalized spacial score (nSPS) is 10.8. The number of pyridine rings is 1. The lowest BCUT2D eigenvalue weighted by atomic mass is 10.1. The molecule has 0 saturated heterocycles. The first kappa shape index (κ1) is 23.2. The summed E-state index contributed by atoms with van der Waals surface area (Å²) < 4.78 is 16.4. The molecule has 10 heteroatoms. The molecule has 0 unspecified atom stereocenters. The summed E-state index contributed by atoms with van der Waals surface area (Å²) in [6.07, 6.45) is 2.57. The number of amides is 1. The molecule has 0 bridgehead atoms. The van der Waals surface area contributed by atoms with Crippen LogP contribution in [0.4, 0.5) is 5.69 Å². The number of carbonyl (C=O) groups is 1. The summed E-state index contributed by atoms with van der Waals surface area (Å²) >= 11 is 0. The van der Waals surface area contributed by atoms with Crippen LogP contribution in [0, 0.1) is 10.1 Å². The Labute approximate surface area is 199 Å². The number of aromatic nitrogens is 1. The molecule has 0 radical (unpaired) electrons. The number of nitrogens with zero attached hydrogens (tertiary/aromatic N) is 3. The molecule has 0 atom stereocenters. The Morgan fingerprint density at radius 1 is 0.971 bits per heavy atom. The van der Waals surface area contributed by atoms with Gasteiger partial charge in [0.2, 0.25) is 5.88 Å². The van der Waals surface area contributed by atoms with Gasteiger partial charge in [-0.1, -0.05) is 24.3 Å². The second-order valence-electron chi connectivity index (χ2n) is 7.22. The number of fused-ring (bicyclic) bond motifs is 1. The molecule has 10 nitrogen and oxygen atoms in total. The molecule has 0 aliphatic rings. The minimum atomic E-state index is -0.541. The number of hydrogen-bond acceptors (Lipinski definition) is 8. The van der Waals surface area contributed by atoms with Crippen molar-refractivity contribution in [3.63, 3.8) is 0 Å². The average Bonchev–Trinajstić information content (AvgIpc) is 2.88. The molecule has 1 amide bonds. The Bertz CT molecular complexity index is 1420. The summed E-state index contributed by atoms with van der Waals surface area (Å²) in [5, 5.41) is 16.7. The Balaban J connectivity index is 1.47. The Morgan fingerprint density at radius 2 is 1.71 bits per heavy atom. The third-order valence-electron chi connectivity index (χ3n) is 5.03. The molecule has 1 N–H and O–H groups in total. The van der Waals surface area contributed by atoms with Crippen molar-refractivity contribution in [2.24, 2.45) is 5.10 Å². The van der Waals surface area contributed by atoms with Crippen LogP contribution in [0.1, 0.15) is 15.9 Å². The van der Waals surface area contributed by atoms with Gasteiger partial charge < -0.3 is 14.2 Å². The summed E-state index contributed by atoms with van der Waals surface area (Å²) in [6, 6.07) is 18.9. The van der Waals surface area contributed by atoms with Crippen molar-refractivity contribution in [2.75, 3.05) is 14.2 Å². The van der Waals surface area contributed by atoms with Gasteiger partial charge in [0.05, 0.1) is 30.9 Å². The van der Waals surface area contributed by atoms with Gasteiger partial charge in [-0.25, -0.2) is 10.4 Å². The van der Waals surface area contributed by atoms with Crippen molar-refractivity contribution in [3.8, 4) is 23.1 Å². The van der Waals surface area contributed by atoms with E-state index in [0.717, 1.165) is 17.0 Å². The Morgan fingerprint density at radius 3 is 2.37 bits per heavy atom. The van der Waals surface area contributed by atoms with Gasteiger partial charge in [-0.15, -0.1) is 0 Å². The predicted octanol–water partition coefficient (Wildman–Crippen LogP) is 4.72. The molecule has 0 aliphatic heterocycles. The summed E-state index contributed by atoms with van der Waals surface area (Å²) in [6.45, 7) is 0. The van der Waals surface area contributed by atoms with E-state index in [1.807, 2.05) is 24.3 Å². The summed E-state index contributed by atoms with van der Waals surface area (Å²) in [7, 11) is 2.98. The maximum absolute atomic E-state index is 12.7. The van der Waals surface area contributed by atoms with Crippen LogP contribution in [0.3, 0.4) is 0 Å². The molecule has 0 saturated carbocycles. The van der Waals surface area contributed by atoms with Crippen LogP contribution in [-0.2, 0) is 0 Å². The average molecular weight is 472 g/mol. The van der Waals surface area contributed by atoms with Gasteiger partial charge in [-0.3, -0.25) is 14.9 Å². The zero-order chi connectivity index (χ0) is 24.8. The van der Waals surface area contributed by atoms with Gasteiger partial charge in [-0.05, 0) is 46.7 Å². The highest BCUT2D eigenvalue weighted by Crippen LogP contribution is 2.31. The second-order valence-corrected chi connectivity index (χ2v) is 7.22. The van der Waals surface area contributed by atoms with Crippen LogP contribution in [0.15, 0.2) is 78.0 Å². The summed E-state index contributed by atoms with van der Waals surface area (Å²) in [4.78, 5) is 26.8. The van der Waals surface area contributed by atoms with Gasteiger partial charge >= 0.3 is 0 Å². The SMILES string of the molecule is COc1cc(/C=N\NC(=O)c2cc3ccccc3cc2OC)ccc1Oc1ccc([N+](=O)[O-])cn1. The lowest BCUT2D eigenvalue weighted by Gasteiger charge is -2.10. The van der Waals surface area contributed by atoms with E-state index in [-0.39, 0.29) is 11.6 Å². The van der Waals surface area contributed by atoms with Crippen molar-refractivity contribution in [1.29, 1.82) is 0 Å². The fraction of sp³-hybridized carbons (Fsp3) is 0.0800. The highest BCUT2D eigenvalue weighted by molar-refractivity contribution is 6.02. The van der Waals surface area contributed by atoms with E-state index in [9.17, 15) is 14.9 Å². The number of benzene rings is 3. The van der Waals surface area contributed by atoms with Crippen LogP contribution in [0.2, 0.25) is 0 Å². The smallest absolute Gasteiger partial charge is 0.287 e. The number of hydrogen-bond donors (Lipinski definition) is 1. The van der Waals surface area contributed by atoms with Crippen molar-refractivity contribution < 1.29 is 23.9 Å². The zero-order valence-electron chi connectivity index (χ0n) is 18.8. The Kier molecular flexibility index (Phi) is 6.82. The molecule has 4 rings (SSSR count). The molecule has 0 spiro atoms. The number of rotatable bonds is 8. The van der Waals surface area contributed by atoms with Crippen molar-refractivity contribution in [3.05, 3.63) is 94.2 Å². The van der Waals surface area contributed by atoms with Crippen LogP contribution in [-0.4, -0.2) is 36.2 Å². The van der Waals surface area contributed by atoms with Crippen molar-refractivity contribution in [1.82, 2.24) is 10.4 Å². The first-order valence-electron chi connectivity index (χ1n) is 10.3. The first-order valence-corrected chi connectivity index (χ1v) is 10.3. The minimum absolute atomic E-state index is 0.140. The summed E-state index contributed by atoms with van der Waals surface area (Å²) in [5.41, 5.74) is 3.36. The molecule has 4 aromatic rings. The van der Waals surface area contributed by atoms with Gasteiger partial charge in [0.1, 0.15) is 11.9 Å². The number of hydrazone groups is 1. The van der Waals surface area contributed by atoms with Gasteiger partial charge in [0.15, 0.2) is 11.5 Å². The Hall–Kier alpha value is -4.99. The molecule has 1 aromatic heterocycles. The highest BCUT2D eigenvalue weighted by Gasteiger charge is 2.14. The quantitative estimate of drug-likeness (QED) is 0.223. The number of nitro groups is 1. The lowest BCUT2D eigenvalue weighted by Crippen LogP contribution is -2.18. The first-order chi connectivity index (χ1) is 17.0. The summed E-state index contributed by atoms with van der Waals surface area (Å²) in [5.74, 6) is 0.943. The van der Waals surface area contributed by atoms with Crippen molar-refractivity contribution in [2.45, 2.75) is 0 Å². The maximum atomic E-state index is 12.7. The van der Waals surface area contributed by atoms with E-state index in [2.05, 4.69) is 15.5 Å². The molecular formula is C25H20N4O6. The van der Waals surface area contributed by atoms with E-state index in [0.29, 0.717) is 28.4 Å². The highest BCUT2D eigenvalue weighted by atomic mass is 16.6. The molecule has 0 fully saturated rings. The third kappa shape index (κ3) is 5.33. The van der Waals surface area contributed by atoms with Crippen LogP contribution < -0.4 is 19.6 Å². The van der Waals surface area contributed by atoms with Gasteiger partial charge in [0, 0.05) is 12.1 Å². The molecule has 35 heavy (non-hydrogen) atoms. The van der Waals surface area contributed by atoms with Crippen molar-refractivity contribution >= 4 is 28.6 Å². The second kappa shape index (κ2) is 10.3. The van der Waals surface area contributed by atoms with Crippen LogP contribution in [0.25, 0.3) is 10.8 Å². The van der Waals surface area contributed by atoms with E-state index in [1.165, 1.54) is 32.6 Å². The standard InChI is InChI=1S/C25H20N4O6/c1-33-22-13-18-6-4-3-5-17(18)12-20(22)25(30)28-27-14-16-7-9-21(23(11-16)34-2)35-24-10-8-19(15-26-24)29(31)32/h3-15H,1-2H3,(H,28,30)/b27-14-. The van der Waals surface area contributed by atoms with E-state index >= 15 is 0 Å². The number of methoxy groups -OCH3 is 2. The maximum Gasteiger partial charge on any atom is 0.287 e. The fourth-order valence-corrected chi connectivity index (χ4v) is 3.29. The minimum Gasteiger partial charge on any atom is -0.496 e. The molecular weight excluding hydrogens is 452 g/mol. The number of ether oxygens (including phenoxy) is 3. The fourth-order valence-electron chi connectivity index (χ4n) is 3.29. The van der Waals surface area contributed by atoms with Crippen LogP contribution in [0.5, 0.6) is 23.1 Å². The number of carbonyl (C=O) groups excluding carboxylic acids is 1. The van der Waals surface area contributed by atoms with E-state index in [1.54, 1.807) is 30.3 Å². The van der Waals surface area contributed by atoms with Gasteiger partial charge in [-0.2, -0.15) is 5.10 Å². The molecule has 176 valence electrons. The lowest BCUT2D eigenvalue weighted by molar-refractivity contribution is -0.385. The van der Waals surface area contributed by atoms with Gasteiger partial charge in [0.25, 0.3) is 11.6 Å². The van der Waals surface area contributed by atoms with E-state index in [4.69, 9.17) is 14.2 Å². The van der Waals surface area contributed by atoms with E-state index < -0.39 is 10.8 Å². The zero-order valence-corrected chi connectivity index (χ0v) is 18.8. The number of nitrogens with one attached hydrogen (secondary N) is 1. The molecule has 0 aliphatic carbocycles. The molecule has 1 heterocycles. The predicted molar refractivity (Wildman–Crippen MR) is 130 cm³/mol. The molecule has 3 aromatic carbocycles. The monoisotopic (exact) mass is 472 g/mol. The van der Waals surface area contributed by atoms with Crippen LogP contribution >= 0.6 is 0 Å². The third-order valence-corrected chi connectivity index (χ3v) is 5.03.